The van der Waals surface area contributed by atoms with Gasteiger partial charge in [0.2, 0.25) is 0 Å². The summed E-state index contributed by atoms with van der Waals surface area (Å²) in [6.45, 7) is 0.729. The van der Waals surface area contributed by atoms with E-state index in [0.717, 1.165) is 29.9 Å². The van der Waals surface area contributed by atoms with Gasteiger partial charge in [-0.25, -0.2) is 4.98 Å². The molecule has 19 heavy (non-hydrogen) atoms. The molecule has 2 aromatic carbocycles. The number of rotatable bonds is 1. The molecule has 0 bridgehead atoms. The minimum absolute atomic E-state index is 0.0744. The van der Waals surface area contributed by atoms with E-state index in [2.05, 4.69) is 40.3 Å². The Hall–Kier alpha value is -2.13. The Morgan fingerprint density at radius 1 is 1.16 bits per heavy atom. The molecule has 2 heterocycles. The van der Waals surface area contributed by atoms with Crippen molar-refractivity contribution in [2.75, 3.05) is 6.54 Å². The summed E-state index contributed by atoms with van der Waals surface area (Å²) in [5, 5.41) is 4.07. The standard InChI is InChI=1S/C16H15N3/c1-2-4-12-9-13(6-5-11(12)3-1)15-16-14(7-8-17-15)18-10-19-16/h1-6,9-10,15,17H,7-8H2,(H,18,19)/i/hD. The number of nitrogens with zero attached hydrogens (tertiary/aromatic N) is 1. The summed E-state index contributed by atoms with van der Waals surface area (Å²) < 4.78 is 8.22. The molecule has 3 nitrogen and oxygen atoms in total. The smallest absolute Gasteiger partial charge is 0.123 e. The van der Waals surface area contributed by atoms with Gasteiger partial charge < -0.3 is 10.3 Å². The molecule has 4 rings (SSSR count). The van der Waals surface area contributed by atoms with Gasteiger partial charge in [0, 0.05) is 18.7 Å². The van der Waals surface area contributed by atoms with E-state index in [1.54, 1.807) is 11.6 Å². The number of fused-ring (bicyclic) bond motifs is 2. The Morgan fingerprint density at radius 3 is 3.00 bits per heavy atom. The number of nitrogens with one attached hydrogen (secondary N) is 2. The first-order valence-corrected chi connectivity index (χ1v) is 6.59. The van der Waals surface area contributed by atoms with E-state index in [-0.39, 0.29) is 6.04 Å². The van der Waals surface area contributed by atoms with Crippen molar-refractivity contribution in [1.82, 2.24) is 15.3 Å². The molecule has 0 amide bonds. The van der Waals surface area contributed by atoms with Crippen LogP contribution in [0.1, 0.15) is 23.0 Å². The average Bonchev–Trinajstić information content (AvgIpc) is 2.95. The van der Waals surface area contributed by atoms with E-state index in [1.165, 1.54) is 10.8 Å². The van der Waals surface area contributed by atoms with Gasteiger partial charge >= 0.3 is 0 Å². The van der Waals surface area contributed by atoms with Crippen LogP contribution < -0.4 is 5.31 Å². The zero-order valence-electron chi connectivity index (χ0n) is 11.5. The highest BCUT2D eigenvalue weighted by molar-refractivity contribution is 5.83. The Morgan fingerprint density at radius 2 is 2.05 bits per heavy atom. The van der Waals surface area contributed by atoms with Crippen LogP contribution in [0.2, 0.25) is 1.41 Å². The first kappa shape index (κ1) is 9.75. The molecule has 0 fully saturated rings. The second kappa shape index (κ2) is 4.21. The molecular weight excluding hydrogens is 234 g/mol. The molecule has 3 aromatic rings. The SMILES string of the molecule is [2H]N1CCc2[nH]cnc2C1c1ccc2ccccc2c1. The molecule has 1 unspecified atom stereocenters. The summed E-state index contributed by atoms with van der Waals surface area (Å²) in [5.41, 5.74) is 3.28. The molecule has 0 radical (unpaired) electrons. The van der Waals surface area contributed by atoms with Crippen molar-refractivity contribution in [2.45, 2.75) is 12.5 Å². The largest absolute Gasteiger partial charge is 0.348 e. The second-order valence-electron chi connectivity index (χ2n) is 4.93. The molecule has 0 saturated heterocycles. The second-order valence-corrected chi connectivity index (χ2v) is 4.93. The minimum atomic E-state index is -0.0744. The molecule has 1 aromatic heterocycles. The van der Waals surface area contributed by atoms with Crippen molar-refractivity contribution in [1.29, 1.82) is 0 Å². The third-order valence-corrected chi connectivity index (χ3v) is 3.77. The maximum absolute atomic E-state index is 8.22. The highest BCUT2D eigenvalue weighted by atomic mass is 15.0. The normalized spacial score (nSPS) is 20.2. The predicted molar refractivity (Wildman–Crippen MR) is 76.1 cm³/mol. The van der Waals surface area contributed by atoms with Crippen molar-refractivity contribution in [2.24, 2.45) is 0 Å². The van der Waals surface area contributed by atoms with Gasteiger partial charge in [-0.15, -0.1) is 0 Å². The van der Waals surface area contributed by atoms with E-state index in [4.69, 9.17) is 1.41 Å². The van der Waals surface area contributed by atoms with Crippen LogP contribution in [0.4, 0.5) is 0 Å². The molecule has 3 heteroatoms. The number of benzene rings is 2. The summed E-state index contributed by atoms with van der Waals surface area (Å²) in [6, 6.07) is 14.6. The van der Waals surface area contributed by atoms with Gasteiger partial charge in [-0.1, -0.05) is 36.4 Å². The van der Waals surface area contributed by atoms with Crippen LogP contribution in [0.15, 0.2) is 48.8 Å². The van der Waals surface area contributed by atoms with Gasteiger partial charge in [0.1, 0.15) is 1.41 Å². The quantitative estimate of drug-likeness (QED) is 0.697. The molecule has 0 spiro atoms. The molecule has 2 N–H and O–H groups in total. The molecule has 1 atom stereocenters. The molecule has 94 valence electrons. The summed E-state index contributed by atoms with van der Waals surface area (Å²) in [7, 11) is 0. The van der Waals surface area contributed by atoms with E-state index < -0.39 is 0 Å². The number of imidazole rings is 1. The maximum Gasteiger partial charge on any atom is 0.123 e. The maximum atomic E-state index is 8.22. The first-order chi connectivity index (χ1) is 9.83. The Bertz CT molecular complexity index is 765. The lowest BCUT2D eigenvalue weighted by molar-refractivity contribution is 0.554. The minimum Gasteiger partial charge on any atom is -0.348 e. The monoisotopic (exact) mass is 250 g/mol. The van der Waals surface area contributed by atoms with Crippen LogP contribution in [0, 0.1) is 0 Å². The zero-order valence-corrected chi connectivity index (χ0v) is 10.5. The van der Waals surface area contributed by atoms with E-state index in [0.29, 0.717) is 0 Å². The Kier molecular flexibility index (Phi) is 2.16. The summed E-state index contributed by atoms with van der Waals surface area (Å²) >= 11 is 0. The lowest BCUT2D eigenvalue weighted by atomic mass is 9.96. The number of H-pyrrole nitrogens is 1. The zero-order chi connectivity index (χ0) is 13.5. The van der Waals surface area contributed by atoms with Crippen LogP contribution in [0.5, 0.6) is 0 Å². The number of hydrogen-bond acceptors (Lipinski definition) is 2. The third kappa shape index (κ3) is 1.74. The van der Waals surface area contributed by atoms with Crippen molar-refractivity contribution >= 4 is 10.8 Å². The van der Waals surface area contributed by atoms with Gasteiger partial charge in [0.15, 0.2) is 0 Å². The molecule has 1 aliphatic rings. The highest BCUT2D eigenvalue weighted by Gasteiger charge is 2.23. The third-order valence-electron chi connectivity index (χ3n) is 3.77. The molecule has 0 aliphatic carbocycles. The molecular formula is C16H15N3. The molecule has 0 saturated carbocycles. The van der Waals surface area contributed by atoms with Crippen LogP contribution in [-0.4, -0.2) is 16.5 Å². The summed E-state index contributed by atoms with van der Waals surface area (Å²) in [6.07, 6.45) is 2.60. The van der Waals surface area contributed by atoms with Crippen LogP contribution in [0.3, 0.4) is 0 Å². The fraction of sp³-hybridized carbons (Fsp3) is 0.188. The fourth-order valence-electron chi connectivity index (χ4n) is 2.80. The Balaban J connectivity index is 1.86. The fourth-order valence-corrected chi connectivity index (χ4v) is 2.80. The van der Waals surface area contributed by atoms with Gasteiger partial charge in [-0.05, 0) is 22.4 Å². The van der Waals surface area contributed by atoms with Crippen molar-refractivity contribution in [3.63, 3.8) is 0 Å². The van der Waals surface area contributed by atoms with Gasteiger partial charge in [0.05, 0.1) is 18.1 Å². The van der Waals surface area contributed by atoms with Crippen LogP contribution in [0.25, 0.3) is 10.8 Å². The van der Waals surface area contributed by atoms with Gasteiger partial charge in [0.25, 0.3) is 0 Å². The van der Waals surface area contributed by atoms with Gasteiger partial charge in [-0.2, -0.15) is 0 Å². The average molecular weight is 250 g/mol. The number of aromatic nitrogens is 2. The molecule has 1 aliphatic heterocycles. The lowest BCUT2D eigenvalue weighted by Crippen LogP contribution is -2.30. The van der Waals surface area contributed by atoms with Gasteiger partial charge in [-0.3, -0.25) is 0 Å². The van der Waals surface area contributed by atoms with Crippen molar-refractivity contribution in [3.8, 4) is 0 Å². The van der Waals surface area contributed by atoms with E-state index >= 15 is 0 Å². The van der Waals surface area contributed by atoms with Crippen molar-refractivity contribution in [3.05, 3.63) is 65.7 Å². The lowest BCUT2D eigenvalue weighted by Gasteiger charge is -2.23. The van der Waals surface area contributed by atoms with E-state index in [1.807, 2.05) is 12.1 Å². The topological polar surface area (TPSA) is 40.7 Å². The van der Waals surface area contributed by atoms with Crippen LogP contribution in [-0.2, 0) is 6.42 Å². The Labute approximate surface area is 113 Å². The van der Waals surface area contributed by atoms with Crippen LogP contribution >= 0.6 is 0 Å². The summed E-state index contributed by atoms with van der Waals surface area (Å²) in [4.78, 5) is 7.62. The summed E-state index contributed by atoms with van der Waals surface area (Å²) in [5.74, 6) is 0. The number of aromatic amines is 1. The predicted octanol–water partition coefficient (Wildman–Crippen LogP) is 2.80. The first-order valence-electron chi connectivity index (χ1n) is 7.04. The van der Waals surface area contributed by atoms with E-state index in [9.17, 15) is 0 Å². The van der Waals surface area contributed by atoms with Crippen molar-refractivity contribution < 1.29 is 1.41 Å². The highest BCUT2D eigenvalue weighted by Crippen LogP contribution is 2.28. The number of hydrogen-bond donors (Lipinski definition) is 2.